The molecule has 8 heteroatoms. The predicted molar refractivity (Wildman–Crippen MR) is 116 cm³/mol. The quantitative estimate of drug-likeness (QED) is 0.766. The molecule has 30 heavy (non-hydrogen) atoms. The van der Waals surface area contributed by atoms with Gasteiger partial charge in [0.2, 0.25) is 5.95 Å². The second-order valence-corrected chi connectivity index (χ2v) is 8.67. The Kier molecular flexibility index (Phi) is 5.84. The fourth-order valence-electron chi connectivity index (χ4n) is 4.89. The normalized spacial score (nSPS) is 20.8. The van der Waals surface area contributed by atoms with E-state index in [1.54, 1.807) is 0 Å². The molecule has 3 aliphatic heterocycles. The van der Waals surface area contributed by atoms with Crippen LogP contribution in [0.15, 0.2) is 6.07 Å². The van der Waals surface area contributed by atoms with E-state index in [-0.39, 0.29) is 0 Å². The summed E-state index contributed by atoms with van der Waals surface area (Å²) in [7, 11) is 0. The number of anilines is 2. The van der Waals surface area contributed by atoms with Crippen molar-refractivity contribution in [2.75, 3.05) is 49.2 Å². The highest BCUT2D eigenvalue weighted by molar-refractivity contribution is 5.47. The molecule has 162 valence electrons. The van der Waals surface area contributed by atoms with E-state index in [4.69, 9.17) is 14.7 Å². The van der Waals surface area contributed by atoms with E-state index in [0.29, 0.717) is 5.92 Å². The Labute approximate surface area is 178 Å². The first kappa shape index (κ1) is 19.7. The molecule has 0 aromatic carbocycles. The molecule has 5 heterocycles. The third-order valence-electron chi connectivity index (χ3n) is 6.73. The maximum Gasteiger partial charge on any atom is 0.227 e. The van der Waals surface area contributed by atoms with Gasteiger partial charge in [0.1, 0.15) is 17.5 Å². The number of aromatic nitrogens is 5. The molecule has 0 N–H and O–H groups in total. The number of morpholine rings is 1. The van der Waals surface area contributed by atoms with Crippen LogP contribution < -0.4 is 9.80 Å². The molecule has 0 spiro atoms. The van der Waals surface area contributed by atoms with Gasteiger partial charge in [0.05, 0.1) is 13.2 Å². The summed E-state index contributed by atoms with van der Waals surface area (Å²) in [4.78, 5) is 14.4. The zero-order valence-electron chi connectivity index (χ0n) is 18.1. The van der Waals surface area contributed by atoms with Crippen molar-refractivity contribution in [3.05, 3.63) is 23.4 Å². The Morgan fingerprint density at radius 2 is 1.77 bits per heavy atom. The molecule has 8 nitrogen and oxygen atoms in total. The third kappa shape index (κ3) is 4.02. The molecule has 3 aliphatic rings. The summed E-state index contributed by atoms with van der Waals surface area (Å²) in [5.74, 6) is 4.85. The lowest BCUT2D eigenvalue weighted by Gasteiger charge is -2.34. The van der Waals surface area contributed by atoms with Crippen LogP contribution in [0.5, 0.6) is 0 Å². The Balaban J connectivity index is 1.30. The van der Waals surface area contributed by atoms with Crippen LogP contribution in [-0.4, -0.2) is 64.1 Å². The largest absolute Gasteiger partial charge is 0.378 e. The van der Waals surface area contributed by atoms with Gasteiger partial charge < -0.3 is 19.1 Å². The number of piperidine rings is 1. The van der Waals surface area contributed by atoms with Crippen molar-refractivity contribution in [2.45, 2.75) is 64.3 Å². The smallest absolute Gasteiger partial charge is 0.227 e. The van der Waals surface area contributed by atoms with E-state index in [1.807, 2.05) is 0 Å². The van der Waals surface area contributed by atoms with Crippen molar-refractivity contribution in [1.29, 1.82) is 0 Å². The summed E-state index contributed by atoms with van der Waals surface area (Å²) >= 11 is 0. The van der Waals surface area contributed by atoms with Gasteiger partial charge in [-0.15, -0.1) is 10.2 Å². The molecular formula is C22H33N7O. The van der Waals surface area contributed by atoms with Gasteiger partial charge in [-0.3, -0.25) is 0 Å². The highest BCUT2D eigenvalue weighted by Crippen LogP contribution is 2.31. The van der Waals surface area contributed by atoms with E-state index in [1.165, 1.54) is 30.9 Å². The van der Waals surface area contributed by atoms with Crippen molar-refractivity contribution in [3.63, 3.8) is 0 Å². The minimum atomic E-state index is 0.506. The number of aryl methyl sites for hydroxylation is 2. The topological polar surface area (TPSA) is 72.2 Å². The molecule has 2 aromatic rings. The Morgan fingerprint density at radius 1 is 0.933 bits per heavy atom. The van der Waals surface area contributed by atoms with Gasteiger partial charge in [-0.05, 0) is 32.1 Å². The minimum Gasteiger partial charge on any atom is -0.378 e. The molecule has 0 unspecified atom stereocenters. The Hall–Kier alpha value is -2.22. The first-order valence-electron chi connectivity index (χ1n) is 11.7. The number of hydrogen-bond acceptors (Lipinski definition) is 7. The summed E-state index contributed by atoms with van der Waals surface area (Å²) in [6.45, 7) is 8.52. The van der Waals surface area contributed by atoms with Crippen LogP contribution in [-0.2, 0) is 24.1 Å². The first-order valence-corrected chi connectivity index (χ1v) is 11.7. The van der Waals surface area contributed by atoms with Gasteiger partial charge >= 0.3 is 0 Å². The van der Waals surface area contributed by atoms with E-state index >= 15 is 0 Å². The van der Waals surface area contributed by atoms with Crippen LogP contribution >= 0.6 is 0 Å². The molecule has 0 aliphatic carbocycles. The summed E-state index contributed by atoms with van der Waals surface area (Å²) in [6.07, 6.45) is 8.02. The lowest BCUT2D eigenvalue weighted by molar-refractivity contribution is 0.122. The van der Waals surface area contributed by atoms with E-state index in [0.717, 1.165) is 89.1 Å². The average molecular weight is 412 g/mol. The van der Waals surface area contributed by atoms with Crippen molar-refractivity contribution in [2.24, 2.45) is 0 Å². The Morgan fingerprint density at radius 3 is 2.57 bits per heavy atom. The van der Waals surface area contributed by atoms with Gasteiger partial charge in [-0.2, -0.15) is 4.98 Å². The maximum absolute atomic E-state index is 5.50. The highest BCUT2D eigenvalue weighted by Gasteiger charge is 2.28. The molecule has 2 aromatic heterocycles. The van der Waals surface area contributed by atoms with Gasteiger partial charge in [0.15, 0.2) is 0 Å². The summed E-state index contributed by atoms with van der Waals surface area (Å²) in [5.41, 5.74) is 1.12. The van der Waals surface area contributed by atoms with Crippen molar-refractivity contribution >= 4 is 11.8 Å². The molecule has 2 saturated heterocycles. The summed E-state index contributed by atoms with van der Waals surface area (Å²) in [6, 6.07) is 2.17. The molecule has 0 bridgehead atoms. The number of ether oxygens (including phenoxy) is 1. The van der Waals surface area contributed by atoms with Crippen LogP contribution in [0.1, 0.15) is 62.3 Å². The monoisotopic (exact) mass is 411 g/mol. The SMILES string of the molecule is CCc1cc(N2CCC(c3nnc4n3CCCCC4)CC2)nc(N2CCOCC2)n1. The van der Waals surface area contributed by atoms with Gasteiger partial charge in [0, 0.05) is 56.8 Å². The van der Waals surface area contributed by atoms with Crippen LogP contribution in [0.2, 0.25) is 0 Å². The highest BCUT2D eigenvalue weighted by atomic mass is 16.5. The molecule has 2 fully saturated rings. The summed E-state index contributed by atoms with van der Waals surface area (Å²) < 4.78 is 7.92. The fraction of sp³-hybridized carbons (Fsp3) is 0.727. The van der Waals surface area contributed by atoms with Crippen LogP contribution in [0, 0.1) is 0 Å². The van der Waals surface area contributed by atoms with Crippen molar-refractivity contribution in [3.8, 4) is 0 Å². The van der Waals surface area contributed by atoms with Crippen LogP contribution in [0.4, 0.5) is 11.8 Å². The zero-order valence-corrected chi connectivity index (χ0v) is 18.1. The second kappa shape index (κ2) is 8.88. The van der Waals surface area contributed by atoms with Crippen LogP contribution in [0.25, 0.3) is 0 Å². The first-order chi connectivity index (χ1) is 14.8. The molecular weight excluding hydrogens is 378 g/mol. The molecule has 5 rings (SSSR count). The summed E-state index contributed by atoms with van der Waals surface area (Å²) in [5, 5.41) is 9.13. The molecule has 0 saturated carbocycles. The van der Waals surface area contributed by atoms with E-state index < -0.39 is 0 Å². The fourth-order valence-corrected chi connectivity index (χ4v) is 4.89. The number of nitrogens with zero attached hydrogens (tertiary/aromatic N) is 7. The Bertz CT molecular complexity index is 853. The van der Waals surface area contributed by atoms with Crippen molar-refractivity contribution < 1.29 is 4.74 Å². The number of hydrogen-bond donors (Lipinski definition) is 0. The maximum atomic E-state index is 5.50. The van der Waals surface area contributed by atoms with Gasteiger partial charge in [0.25, 0.3) is 0 Å². The van der Waals surface area contributed by atoms with Crippen molar-refractivity contribution in [1.82, 2.24) is 24.7 Å². The van der Waals surface area contributed by atoms with Gasteiger partial charge in [-0.25, -0.2) is 4.98 Å². The van der Waals surface area contributed by atoms with E-state index in [9.17, 15) is 0 Å². The van der Waals surface area contributed by atoms with Gasteiger partial charge in [-0.1, -0.05) is 13.3 Å². The molecule has 0 amide bonds. The predicted octanol–water partition coefficient (Wildman–Crippen LogP) is 2.58. The van der Waals surface area contributed by atoms with E-state index in [2.05, 4.69) is 37.6 Å². The lowest BCUT2D eigenvalue weighted by atomic mass is 9.95. The van der Waals surface area contributed by atoms with Crippen LogP contribution in [0.3, 0.4) is 0 Å². The molecule has 0 atom stereocenters. The molecule has 0 radical (unpaired) electrons. The standard InChI is InChI=1S/C22H33N7O/c1-2-18-16-20(24-22(23-18)28-12-14-30-15-13-28)27-10-7-17(8-11-27)21-26-25-19-6-4-3-5-9-29(19)21/h16-17H,2-15H2,1H3. The average Bonchev–Trinajstić information content (AvgIpc) is 3.07. The lowest BCUT2D eigenvalue weighted by Crippen LogP contribution is -2.38. The minimum absolute atomic E-state index is 0.506. The number of rotatable bonds is 4. The number of fused-ring (bicyclic) bond motifs is 1. The third-order valence-corrected chi connectivity index (χ3v) is 6.73. The zero-order chi connectivity index (χ0) is 20.3. The second-order valence-electron chi connectivity index (χ2n) is 8.67.